The minimum Gasteiger partial charge on any atom is -0.492 e. The maximum atomic E-state index is 15.3. The molecule has 2 unspecified atom stereocenters. The number of ether oxygens (including phenoxy) is 2. The number of carbonyl (C=O) groups is 2. The number of hydrogen-bond acceptors (Lipinski definition) is 8. The molecule has 3 saturated carbocycles. The summed E-state index contributed by atoms with van der Waals surface area (Å²) in [5.41, 5.74) is 3.43. The molecule has 0 spiro atoms. The largest absolute Gasteiger partial charge is 0.492 e. The third kappa shape index (κ3) is 6.19. The zero-order valence-electron chi connectivity index (χ0n) is 27.5. The number of halogens is 4. The number of anilines is 1. The maximum absolute atomic E-state index is 15.3. The van der Waals surface area contributed by atoms with Crippen molar-refractivity contribution >= 4 is 28.7 Å². The molecule has 3 aliphatic carbocycles. The molecule has 2 aromatic rings. The second kappa shape index (κ2) is 12.1. The van der Waals surface area contributed by atoms with E-state index in [0.29, 0.717) is 32.4 Å². The molecule has 48 heavy (non-hydrogen) atoms. The van der Waals surface area contributed by atoms with Crippen molar-refractivity contribution < 1.29 is 41.7 Å². The van der Waals surface area contributed by atoms with Gasteiger partial charge in [-0.05, 0) is 57.9 Å². The van der Waals surface area contributed by atoms with E-state index in [1.54, 1.807) is 4.90 Å². The predicted molar refractivity (Wildman–Crippen MR) is 170 cm³/mol. The molecule has 2 aliphatic heterocycles. The number of fused-ring (bicyclic) bond motifs is 3. The van der Waals surface area contributed by atoms with E-state index in [2.05, 4.69) is 10.6 Å². The number of hydrogen-bond donors (Lipinski definition) is 4. The highest BCUT2D eigenvalue weighted by Gasteiger charge is 2.53. The molecule has 7 rings (SSSR count). The number of nitrogens with two attached hydrogens (primary N) is 1. The Labute approximate surface area is 275 Å². The van der Waals surface area contributed by atoms with Crippen LogP contribution < -0.4 is 31.4 Å². The Bertz CT molecular complexity index is 1680. The van der Waals surface area contributed by atoms with E-state index < -0.39 is 70.1 Å². The first-order chi connectivity index (χ1) is 22.4. The standard InChI is InChI=1S/C21H22F3N3O4.C12H21FN2O2/c1-31-19-16-11(18(28)12(20(29)30)7-27(16)15-4-13(15)23)3-14(24)17(19)26-6-9-2-10(22)5-21(9,25)8-26;1-11(2,3)17-10(16)15-12-5-9(13)4-8(12)6-14-7-12/h3,7,9-10,13,15H,2,4-6,8,25H2,1H3,(H,29,30);8-9,14H,4-7H2,1-3H3,(H,15,16)/t9-,10?,13+,15-,21-;8-,9?,12-/m11/s1. The number of aromatic carboxylic acids is 1. The van der Waals surface area contributed by atoms with Crippen LogP contribution in [0.25, 0.3) is 10.9 Å². The fraction of sp³-hybridized carbons (Fsp3) is 0.667. The number of nitrogens with zero attached hydrogens (tertiary/aromatic N) is 2. The normalized spacial score (nSPS) is 33.6. The smallest absolute Gasteiger partial charge is 0.408 e. The lowest BCUT2D eigenvalue weighted by molar-refractivity contribution is 0.0446. The number of methoxy groups -OCH3 is 1. The Morgan fingerprint density at radius 1 is 1.12 bits per heavy atom. The summed E-state index contributed by atoms with van der Waals surface area (Å²) in [4.78, 5) is 37.8. The summed E-state index contributed by atoms with van der Waals surface area (Å²) >= 11 is 0. The van der Waals surface area contributed by atoms with Gasteiger partial charge in [-0.15, -0.1) is 0 Å². The predicted octanol–water partition coefficient (Wildman–Crippen LogP) is 4.00. The number of amides is 1. The number of alkyl carbamates (subject to hydrolysis) is 1. The number of pyridine rings is 1. The van der Waals surface area contributed by atoms with Crippen LogP contribution in [0.2, 0.25) is 0 Å². The highest BCUT2D eigenvalue weighted by Crippen LogP contribution is 2.49. The summed E-state index contributed by atoms with van der Waals surface area (Å²) in [5.74, 6) is -2.20. The zero-order valence-corrected chi connectivity index (χ0v) is 27.5. The lowest BCUT2D eigenvalue weighted by Gasteiger charge is -2.31. The maximum Gasteiger partial charge on any atom is 0.408 e. The first-order valence-corrected chi connectivity index (χ1v) is 16.3. The van der Waals surface area contributed by atoms with Gasteiger partial charge in [0.2, 0.25) is 5.43 Å². The average molecular weight is 682 g/mol. The molecule has 1 amide bonds. The average Bonchev–Trinajstić information content (AvgIpc) is 3.15. The lowest BCUT2D eigenvalue weighted by atomic mass is 9.91. The van der Waals surface area contributed by atoms with Crippen LogP contribution in [0.5, 0.6) is 5.75 Å². The van der Waals surface area contributed by atoms with Crippen molar-refractivity contribution in [2.45, 2.75) is 94.1 Å². The van der Waals surface area contributed by atoms with E-state index in [4.69, 9.17) is 15.2 Å². The van der Waals surface area contributed by atoms with Crippen molar-refractivity contribution in [1.29, 1.82) is 0 Å². The van der Waals surface area contributed by atoms with Crippen molar-refractivity contribution in [3.05, 3.63) is 33.9 Å². The quantitative estimate of drug-likeness (QED) is 0.344. The van der Waals surface area contributed by atoms with Gasteiger partial charge in [0.25, 0.3) is 0 Å². The Morgan fingerprint density at radius 2 is 1.79 bits per heavy atom. The number of benzene rings is 1. The third-order valence-electron chi connectivity index (χ3n) is 10.4. The first-order valence-electron chi connectivity index (χ1n) is 16.3. The van der Waals surface area contributed by atoms with Crippen LogP contribution in [-0.2, 0) is 4.74 Å². The summed E-state index contributed by atoms with van der Waals surface area (Å²) < 4.78 is 68.7. The van der Waals surface area contributed by atoms with Gasteiger partial charge in [-0.3, -0.25) is 4.79 Å². The van der Waals surface area contributed by atoms with Crippen LogP contribution in [-0.4, -0.2) is 90.2 Å². The molecule has 15 heteroatoms. The summed E-state index contributed by atoms with van der Waals surface area (Å²) in [6.45, 7) is 7.41. The van der Waals surface area contributed by atoms with Crippen LogP contribution in [0.4, 0.5) is 28.0 Å². The zero-order chi connectivity index (χ0) is 34.9. The van der Waals surface area contributed by atoms with Gasteiger partial charge < -0.3 is 40.4 Å². The van der Waals surface area contributed by atoms with Gasteiger partial charge in [-0.25, -0.2) is 27.2 Å². The highest BCUT2D eigenvalue weighted by molar-refractivity contribution is 5.97. The van der Waals surface area contributed by atoms with Crippen molar-refractivity contribution in [2.75, 3.05) is 38.2 Å². The molecule has 1 aromatic heterocycles. The number of nitrogens with one attached hydrogen (secondary N) is 2. The van der Waals surface area contributed by atoms with Crippen molar-refractivity contribution in [2.24, 2.45) is 17.6 Å². The van der Waals surface area contributed by atoms with E-state index in [1.165, 1.54) is 11.7 Å². The molecule has 1 aromatic carbocycles. The minimum absolute atomic E-state index is 0.0171. The second-order valence-electron chi connectivity index (χ2n) is 15.0. The molecule has 5 aliphatic rings. The molecule has 5 fully saturated rings. The van der Waals surface area contributed by atoms with E-state index >= 15 is 4.39 Å². The van der Waals surface area contributed by atoms with Gasteiger partial charge >= 0.3 is 12.1 Å². The van der Waals surface area contributed by atoms with E-state index in [0.717, 1.165) is 18.8 Å². The Balaban J connectivity index is 0.000000200. The number of carbonyl (C=O) groups excluding carboxylic acids is 1. The minimum atomic E-state index is -1.47. The van der Waals surface area contributed by atoms with Gasteiger partial charge in [0.15, 0.2) is 11.6 Å². The number of carboxylic acid groups (broad SMARTS) is 1. The molecule has 8 atom stereocenters. The van der Waals surface area contributed by atoms with Crippen molar-refractivity contribution in [1.82, 2.24) is 15.2 Å². The van der Waals surface area contributed by atoms with Crippen molar-refractivity contribution in [3.8, 4) is 5.75 Å². The van der Waals surface area contributed by atoms with Crippen LogP contribution in [0.15, 0.2) is 17.1 Å². The van der Waals surface area contributed by atoms with Gasteiger partial charge in [0, 0.05) is 50.8 Å². The summed E-state index contributed by atoms with van der Waals surface area (Å²) in [5, 5.41) is 15.3. The SMILES string of the molecule is CC(C)(C)OC(=O)N[C@]12CNC[C@H]1CC(F)C2.COc1c(N2C[C@H]3CC(F)C[C@@]3(N)C2)c(F)cc2c(=O)c(C(=O)O)cn([C@@H]3C[C@@H]3F)c12. The molecule has 0 bridgehead atoms. The van der Waals surface area contributed by atoms with Crippen LogP contribution in [0.3, 0.4) is 0 Å². The third-order valence-corrected chi connectivity index (χ3v) is 10.4. The van der Waals surface area contributed by atoms with Crippen LogP contribution in [0.1, 0.15) is 69.3 Å². The van der Waals surface area contributed by atoms with Gasteiger partial charge in [-0.1, -0.05) is 0 Å². The van der Waals surface area contributed by atoms with Crippen molar-refractivity contribution in [3.63, 3.8) is 0 Å². The van der Waals surface area contributed by atoms with Crippen LogP contribution >= 0.6 is 0 Å². The molecule has 3 heterocycles. The summed E-state index contributed by atoms with van der Waals surface area (Å²) in [6.07, 6.45) is -0.792. The molecule has 0 radical (unpaired) electrons. The molecule has 5 N–H and O–H groups in total. The van der Waals surface area contributed by atoms with E-state index in [9.17, 15) is 32.7 Å². The Morgan fingerprint density at radius 3 is 2.40 bits per heavy atom. The Kier molecular flexibility index (Phi) is 8.62. The highest BCUT2D eigenvalue weighted by atomic mass is 19.1. The molecule has 2 saturated heterocycles. The Hall–Kier alpha value is -3.59. The van der Waals surface area contributed by atoms with E-state index in [-0.39, 0.29) is 53.6 Å². The topological polar surface area (TPSA) is 148 Å². The summed E-state index contributed by atoms with van der Waals surface area (Å²) in [6, 6.07) is 0.308. The molecule has 264 valence electrons. The number of carboxylic acids is 1. The second-order valence-corrected chi connectivity index (χ2v) is 15.0. The monoisotopic (exact) mass is 681 g/mol. The van der Waals surface area contributed by atoms with Gasteiger partial charge in [0.1, 0.15) is 35.4 Å². The first kappa shape index (κ1) is 34.3. The summed E-state index contributed by atoms with van der Waals surface area (Å²) in [7, 11) is 1.31. The number of rotatable bonds is 5. The molecule has 11 nitrogen and oxygen atoms in total. The lowest BCUT2D eigenvalue weighted by Crippen LogP contribution is -2.53. The number of aromatic nitrogens is 1. The molecular formula is C33H43F4N5O6. The fourth-order valence-electron chi connectivity index (χ4n) is 8.15. The fourth-order valence-corrected chi connectivity index (χ4v) is 8.15. The van der Waals surface area contributed by atoms with Gasteiger partial charge in [-0.2, -0.15) is 0 Å². The van der Waals surface area contributed by atoms with Crippen LogP contribution in [0, 0.1) is 17.7 Å². The number of alkyl halides is 3. The molecular weight excluding hydrogens is 638 g/mol. The van der Waals surface area contributed by atoms with E-state index in [1.807, 2.05) is 20.8 Å². The van der Waals surface area contributed by atoms with Gasteiger partial charge in [0.05, 0.1) is 29.6 Å².